The van der Waals surface area contributed by atoms with Crippen molar-refractivity contribution in [2.75, 3.05) is 11.9 Å². The van der Waals surface area contributed by atoms with Crippen LogP contribution in [0.5, 0.6) is 0 Å². The van der Waals surface area contributed by atoms with E-state index < -0.39 is 5.97 Å². The number of amides is 1. The number of carbonyl (C=O) groups excluding carboxylic acids is 1. The molecule has 0 unspecified atom stereocenters. The van der Waals surface area contributed by atoms with E-state index in [0.29, 0.717) is 25.2 Å². The SMILES string of the molecule is NC(=O)CCCCNc1cc(C(=O)O)c(Cl)cn1. The molecule has 1 heterocycles. The van der Waals surface area contributed by atoms with Crippen LogP contribution in [0.25, 0.3) is 0 Å². The fraction of sp³-hybridized carbons (Fsp3) is 0.364. The number of nitrogens with one attached hydrogen (secondary N) is 1. The van der Waals surface area contributed by atoms with Crippen LogP contribution in [0, 0.1) is 0 Å². The Balaban J connectivity index is 2.45. The summed E-state index contributed by atoms with van der Waals surface area (Å²) in [6.45, 7) is 0.584. The van der Waals surface area contributed by atoms with E-state index in [-0.39, 0.29) is 16.5 Å². The van der Waals surface area contributed by atoms with Crippen molar-refractivity contribution < 1.29 is 14.7 Å². The highest BCUT2D eigenvalue weighted by Crippen LogP contribution is 2.17. The minimum absolute atomic E-state index is 0.00584. The maximum absolute atomic E-state index is 10.8. The van der Waals surface area contributed by atoms with E-state index >= 15 is 0 Å². The number of primary amides is 1. The van der Waals surface area contributed by atoms with E-state index in [9.17, 15) is 9.59 Å². The number of hydrogen-bond donors (Lipinski definition) is 3. The Morgan fingerprint density at radius 2 is 2.17 bits per heavy atom. The number of carboxylic acids is 1. The lowest BCUT2D eigenvalue weighted by Gasteiger charge is -2.06. The number of carbonyl (C=O) groups is 2. The number of hydrogen-bond acceptors (Lipinski definition) is 4. The van der Waals surface area contributed by atoms with Crippen LogP contribution < -0.4 is 11.1 Å². The number of rotatable bonds is 7. The fourth-order valence-corrected chi connectivity index (χ4v) is 1.52. The first kappa shape index (κ1) is 14.2. The van der Waals surface area contributed by atoms with Crippen molar-refractivity contribution >= 4 is 29.3 Å². The Morgan fingerprint density at radius 3 is 2.78 bits per heavy atom. The third-order valence-electron chi connectivity index (χ3n) is 2.24. The molecular formula is C11H14ClN3O3. The van der Waals surface area contributed by atoms with Crippen molar-refractivity contribution in [3.05, 3.63) is 22.8 Å². The Labute approximate surface area is 109 Å². The lowest BCUT2D eigenvalue weighted by molar-refractivity contribution is -0.118. The molecule has 4 N–H and O–H groups in total. The van der Waals surface area contributed by atoms with Crippen LogP contribution in [0.3, 0.4) is 0 Å². The van der Waals surface area contributed by atoms with E-state index in [1.54, 1.807) is 0 Å². The summed E-state index contributed by atoms with van der Waals surface area (Å²) in [6.07, 6.45) is 3.06. The fourth-order valence-electron chi connectivity index (χ4n) is 1.34. The maximum atomic E-state index is 10.8. The molecule has 1 aromatic rings. The van der Waals surface area contributed by atoms with Gasteiger partial charge in [-0.25, -0.2) is 9.78 Å². The second kappa shape index (κ2) is 6.80. The molecule has 7 heteroatoms. The number of halogens is 1. The van der Waals surface area contributed by atoms with Gasteiger partial charge in [0, 0.05) is 19.2 Å². The molecule has 98 valence electrons. The Morgan fingerprint density at radius 1 is 1.44 bits per heavy atom. The summed E-state index contributed by atoms with van der Waals surface area (Å²) in [4.78, 5) is 25.3. The standard InChI is InChI=1S/C11H14ClN3O3/c12-8-6-15-10(5-7(8)11(17)18)14-4-2-1-3-9(13)16/h5-6H,1-4H2,(H2,13,16)(H,14,15)(H,17,18). The second-order valence-corrected chi connectivity index (χ2v) is 4.11. The number of aromatic carboxylic acids is 1. The molecule has 0 radical (unpaired) electrons. The molecule has 0 aromatic carbocycles. The number of aromatic nitrogens is 1. The minimum Gasteiger partial charge on any atom is -0.478 e. The van der Waals surface area contributed by atoms with Gasteiger partial charge in [-0.1, -0.05) is 11.6 Å². The van der Waals surface area contributed by atoms with Gasteiger partial charge in [0.25, 0.3) is 0 Å². The summed E-state index contributed by atoms with van der Waals surface area (Å²) in [5, 5.41) is 11.9. The number of nitrogens with two attached hydrogens (primary N) is 1. The molecule has 0 aliphatic rings. The third kappa shape index (κ3) is 4.58. The Kier molecular flexibility index (Phi) is 5.38. The van der Waals surface area contributed by atoms with Crippen LogP contribution >= 0.6 is 11.6 Å². The van der Waals surface area contributed by atoms with Gasteiger partial charge >= 0.3 is 5.97 Å². The monoisotopic (exact) mass is 271 g/mol. The van der Waals surface area contributed by atoms with Gasteiger partial charge in [0.15, 0.2) is 0 Å². The highest BCUT2D eigenvalue weighted by atomic mass is 35.5. The van der Waals surface area contributed by atoms with Crippen LogP contribution in [-0.2, 0) is 4.79 Å². The van der Waals surface area contributed by atoms with Crippen LogP contribution in [0.2, 0.25) is 5.02 Å². The van der Waals surface area contributed by atoms with Gasteiger partial charge in [-0.05, 0) is 18.9 Å². The highest BCUT2D eigenvalue weighted by molar-refractivity contribution is 6.33. The zero-order chi connectivity index (χ0) is 13.5. The van der Waals surface area contributed by atoms with Gasteiger partial charge in [-0.3, -0.25) is 4.79 Å². The summed E-state index contributed by atoms with van der Waals surface area (Å²) in [6, 6.07) is 1.37. The highest BCUT2D eigenvalue weighted by Gasteiger charge is 2.09. The summed E-state index contributed by atoms with van der Waals surface area (Å²) < 4.78 is 0. The molecule has 1 rings (SSSR count). The van der Waals surface area contributed by atoms with Crippen LogP contribution in [-0.4, -0.2) is 28.5 Å². The van der Waals surface area contributed by atoms with Gasteiger partial charge in [-0.2, -0.15) is 0 Å². The van der Waals surface area contributed by atoms with Gasteiger partial charge in [0.05, 0.1) is 10.6 Å². The van der Waals surface area contributed by atoms with E-state index in [4.69, 9.17) is 22.4 Å². The molecule has 0 saturated carbocycles. The third-order valence-corrected chi connectivity index (χ3v) is 2.54. The smallest absolute Gasteiger partial charge is 0.337 e. The van der Waals surface area contributed by atoms with E-state index in [2.05, 4.69) is 10.3 Å². The number of unbranched alkanes of at least 4 members (excludes halogenated alkanes) is 1. The molecule has 0 fully saturated rings. The molecule has 0 atom stereocenters. The normalized spacial score (nSPS) is 10.1. The summed E-state index contributed by atoms with van der Waals surface area (Å²) in [5.41, 5.74) is 5.01. The lowest BCUT2D eigenvalue weighted by Crippen LogP contribution is -2.11. The zero-order valence-electron chi connectivity index (χ0n) is 9.65. The van der Waals surface area contributed by atoms with E-state index in [0.717, 1.165) is 6.42 Å². The first-order valence-corrected chi connectivity index (χ1v) is 5.79. The largest absolute Gasteiger partial charge is 0.478 e. The quantitative estimate of drug-likeness (QED) is 0.652. The van der Waals surface area contributed by atoms with Crippen molar-refractivity contribution in [2.24, 2.45) is 5.73 Å². The van der Waals surface area contributed by atoms with Gasteiger partial charge in [0.1, 0.15) is 5.82 Å². The summed E-state index contributed by atoms with van der Waals surface area (Å²) in [7, 11) is 0. The first-order valence-electron chi connectivity index (χ1n) is 5.41. The van der Waals surface area contributed by atoms with Crippen molar-refractivity contribution in [3.63, 3.8) is 0 Å². The molecule has 0 saturated heterocycles. The molecule has 0 aliphatic heterocycles. The topological polar surface area (TPSA) is 105 Å². The average Bonchev–Trinajstić information content (AvgIpc) is 2.30. The summed E-state index contributed by atoms with van der Waals surface area (Å²) >= 11 is 5.69. The van der Waals surface area contributed by atoms with Crippen molar-refractivity contribution in [3.8, 4) is 0 Å². The van der Waals surface area contributed by atoms with Crippen LogP contribution in [0.4, 0.5) is 5.82 Å². The number of pyridine rings is 1. The predicted molar refractivity (Wildman–Crippen MR) is 67.7 cm³/mol. The van der Waals surface area contributed by atoms with Crippen molar-refractivity contribution in [1.29, 1.82) is 0 Å². The molecule has 0 spiro atoms. The Hall–Kier alpha value is -1.82. The van der Waals surface area contributed by atoms with E-state index in [1.165, 1.54) is 12.3 Å². The zero-order valence-corrected chi connectivity index (χ0v) is 10.4. The molecule has 0 aliphatic carbocycles. The number of anilines is 1. The summed E-state index contributed by atoms with van der Waals surface area (Å²) in [5.74, 6) is -0.983. The molecule has 0 bridgehead atoms. The lowest BCUT2D eigenvalue weighted by atomic mass is 10.2. The predicted octanol–water partition coefficient (Wildman–Crippen LogP) is 1.50. The first-order chi connectivity index (χ1) is 8.50. The van der Waals surface area contributed by atoms with Gasteiger partial charge in [-0.15, -0.1) is 0 Å². The van der Waals surface area contributed by atoms with Crippen LogP contribution in [0.1, 0.15) is 29.6 Å². The van der Waals surface area contributed by atoms with Gasteiger partial charge < -0.3 is 16.2 Å². The van der Waals surface area contributed by atoms with Crippen LogP contribution in [0.15, 0.2) is 12.3 Å². The minimum atomic E-state index is -1.10. The number of carboxylic acid groups (broad SMARTS) is 1. The molecular weight excluding hydrogens is 258 g/mol. The maximum Gasteiger partial charge on any atom is 0.337 e. The van der Waals surface area contributed by atoms with Crippen molar-refractivity contribution in [2.45, 2.75) is 19.3 Å². The average molecular weight is 272 g/mol. The molecule has 18 heavy (non-hydrogen) atoms. The molecule has 6 nitrogen and oxygen atoms in total. The Bertz CT molecular complexity index is 451. The second-order valence-electron chi connectivity index (χ2n) is 3.70. The molecule has 1 amide bonds. The number of nitrogens with zero attached hydrogens (tertiary/aromatic N) is 1. The van der Waals surface area contributed by atoms with E-state index in [1.807, 2.05) is 0 Å². The van der Waals surface area contributed by atoms with Gasteiger partial charge in [0.2, 0.25) is 5.91 Å². The van der Waals surface area contributed by atoms with Crippen molar-refractivity contribution in [1.82, 2.24) is 4.98 Å². The molecule has 1 aromatic heterocycles.